The number of hydrogen-bond acceptors (Lipinski definition) is 0. The van der Waals surface area contributed by atoms with Crippen LogP contribution >= 0.6 is 0 Å². The third-order valence-corrected chi connectivity index (χ3v) is 1.98. The first-order valence-electron chi connectivity index (χ1n) is 3.27. The van der Waals surface area contributed by atoms with E-state index in [1.807, 2.05) is 20.8 Å². The number of rotatable bonds is 2. The molecule has 0 aliphatic heterocycles. The molecule has 0 saturated carbocycles. The minimum atomic E-state index is -5.27. The lowest BCUT2D eigenvalue weighted by atomic mass is 9.94. The van der Waals surface area contributed by atoms with E-state index in [2.05, 4.69) is 0 Å². The van der Waals surface area contributed by atoms with Gasteiger partial charge in [-0.25, -0.2) is 12.3 Å². The molecular formula is C6H15F3OSi. The highest BCUT2D eigenvalue weighted by Gasteiger charge is 2.37. The maximum atomic E-state index is 11.7. The highest BCUT2D eigenvalue weighted by Crippen LogP contribution is 2.27. The van der Waals surface area contributed by atoms with Crippen molar-refractivity contribution in [1.82, 2.24) is 0 Å². The largest absolute Gasteiger partial charge is 0.616 e. The molecule has 70 valence electrons. The highest BCUT2D eigenvalue weighted by molar-refractivity contribution is 6.58. The molecule has 0 aliphatic rings. The van der Waals surface area contributed by atoms with Crippen molar-refractivity contribution in [1.29, 1.82) is 0 Å². The molecule has 0 aromatic rings. The first-order valence-corrected chi connectivity index (χ1v) is 5.12. The summed E-state index contributed by atoms with van der Waals surface area (Å²) in [6.45, 7) is 5.48. The van der Waals surface area contributed by atoms with Crippen LogP contribution in [0.15, 0.2) is 0 Å². The highest BCUT2D eigenvalue weighted by atomic mass is 28.5. The van der Waals surface area contributed by atoms with E-state index in [0.29, 0.717) is 0 Å². The van der Waals surface area contributed by atoms with Crippen LogP contribution in [-0.2, 0) is 0 Å². The molecule has 0 rings (SSSR count). The van der Waals surface area contributed by atoms with Crippen LogP contribution in [0, 0.1) is 5.41 Å². The summed E-state index contributed by atoms with van der Waals surface area (Å²) >= 11 is 0. The van der Waals surface area contributed by atoms with Crippen molar-refractivity contribution in [2.45, 2.75) is 33.2 Å². The van der Waals surface area contributed by atoms with Crippen molar-refractivity contribution in [3.8, 4) is 0 Å². The Morgan fingerprint density at radius 2 is 1.45 bits per heavy atom. The Hall–Kier alpha value is -0.0331. The second-order valence-electron chi connectivity index (χ2n) is 3.68. The molecule has 0 unspecified atom stereocenters. The van der Waals surface area contributed by atoms with Crippen LogP contribution in [0.1, 0.15) is 27.2 Å². The van der Waals surface area contributed by atoms with Gasteiger partial charge in [-0.2, -0.15) is 0 Å². The van der Waals surface area contributed by atoms with Gasteiger partial charge in [-0.3, -0.25) is 0 Å². The Morgan fingerprint density at radius 1 is 1.09 bits per heavy atom. The smallest absolute Gasteiger partial charge is 0.412 e. The lowest BCUT2D eigenvalue weighted by molar-refractivity contribution is 0.367. The van der Waals surface area contributed by atoms with Crippen LogP contribution < -0.4 is 0 Å². The molecule has 0 bridgehead atoms. The van der Waals surface area contributed by atoms with E-state index in [4.69, 9.17) is 0 Å². The summed E-state index contributed by atoms with van der Waals surface area (Å²) in [5.74, 6) is 0. The van der Waals surface area contributed by atoms with Crippen molar-refractivity contribution in [2.24, 2.45) is 5.41 Å². The van der Waals surface area contributed by atoms with Crippen molar-refractivity contribution < 1.29 is 17.8 Å². The second kappa shape index (κ2) is 4.11. The van der Waals surface area contributed by atoms with Gasteiger partial charge in [0.1, 0.15) is 0 Å². The summed E-state index contributed by atoms with van der Waals surface area (Å²) < 4.78 is 35.2. The first-order chi connectivity index (χ1) is 4.21. The van der Waals surface area contributed by atoms with Gasteiger partial charge < -0.3 is 5.48 Å². The minimum absolute atomic E-state index is 0. The van der Waals surface area contributed by atoms with Gasteiger partial charge in [0.05, 0.1) is 0 Å². The average Bonchev–Trinajstić information content (AvgIpc) is 1.57. The fraction of sp³-hybridized carbons (Fsp3) is 1.00. The third kappa shape index (κ3) is 13.0. The van der Waals surface area contributed by atoms with Gasteiger partial charge in [0, 0.05) is 6.04 Å². The second-order valence-corrected chi connectivity index (χ2v) is 5.41. The predicted octanol–water partition coefficient (Wildman–Crippen LogP) is 2.45. The molecule has 0 amide bonds. The SMILES string of the molecule is CC(C)(C)CC[Si](F)(F)F.O. The van der Waals surface area contributed by atoms with Crippen LogP contribution in [0.5, 0.6) is 0 Å². The van der Waals surface area contributed by atoms with Gasteiger partial charge in [0.25, 0.3) is 0 Å². The molecule has 0 spiro atoms. The third-order valence-electron chi connectivity index (χ3n) is 1.16. The molecule has 0 atom stereocenters. The number of halogens is 3. The van der Waals surface area contributed by atoms with Gasteiger partial charge >= 0.3 is 9.08 Å². The molecule has 0 saturated heterocycles. The summed E-state index contributed by atoms with van der Waals surface area (Å²) in [5, 5.41) is 0. The molecule has 0 aliphatic carbocycles. The Balaban J connectivity index is 0. The van der Waals surface area contributed by atoms with Crippen LogP contribution in [0.25, 0.3) is 0 Å². The molecule has 5 heteroatoms. The molecule has 2 N–H and O–H groups in total. The van der Waals surface area contributed by atoms with E-state index in [9.17, 15) is 12.3 Å². The topological polar surface area (TPSA) is 31.5 Å². The van der Waals surface area contributed by atoms with Gasteiger partial charge in [0.15, 0.2) is 0 Å². The van der Waals surface area contributed by atoms with Crippen molar-refractivity contribution in [2.75, 3.05) is 0 Å². The summed E-state index contributed by atoms with van der Waals surface area (Å²) in [6, 6.07) is -0.531. The van der Waals surface area contributed by atoms with Crippen LogP contribution in [0.4, 0.5) is 12.3 Å². The molecule has 0 heterocycles. The lowest BCUT2D eigenvalue weighted by Gasteiger charge is -2.17. The summed E-state index contributed by atoms with van der Waals surface area (Å²) in [4.78, 5) is 0. The van der Waals surface area contributed by atoms with E-state index in [-0.39, 0.29) is 17.3 Å². The van der Waals surface area contributed by atoms with Gasteiger partial charge in [-0.1, -0.05) is 20.8 Å². The first kappa shape index (κ1) is 13.5. The molecule has 11 heavy (non-hydrogen) atoms. The fourth-order valence-corrected chi connectivity index (χ4v) is 1.55. The monoisotopic (exact) mass is 188 g/mol. The van der Waals surface area contributed by atoms with E-state index < -0.39 is 15.1 Å². The molecule has 0 radical (unpaired) electrons. The maximum Gasteiger partial charge on any atom is 0.616 e. The molecule has 0 aromatic heterocycles. The van der Waals surface area contributed by atoms with Crippen LogP contribution in [-0.4, -0.2) is 14.6 Å². The Labute approximate surface area is 66.4 Å². The molecule has 0 aromatic carbocycles. The van der Waals surface area contributed by atoms with Gasteiger partial charge in [-0.15, -0.1) is 0 Å². The van der Waals surface area contributed by atoms with Gasteiger partial charge in [-0.05, 0) is 11.8 Å². The van der Waals surface area contributed by atoms with Crippen molar-refractivity contribution in [3.05, 3.63) is 0 Å². The van der Waals surface area contributed by atoms with Crippen LogP contribution in [0.3, 0.4) is 0 Å². The minimum Gasteiger partial charge on any atom is -0.412 e. The Morgan fingerprint density at radius 3 is 1.55 bits per heavy atom. The number of hydrogen-bond donors (Lipinski definition) is 0. The van der Waals surface area contributed by atoms with E-state index in [0.717, 1.165) is 0 Å². The summed E-state index contributed by atoms with van der Waals surface area (Å²) in [6.07, 6.45) is 0.267. The standard InChI is InChI=1S/C6H13F3Si.H2O/c1-6(2,3)4-5-10(7,8)9;/h4-5H2,1-3H3;1H2. The zero-order valence-corrected chi connectivity index (χ0v) is 8.05. The molecule has 1 nitrogen and oxygen atoms in total. The summed E-state index contributed by atoms with van der Waals surface area (Å²) in [5.41, 5.74) is -0.178. The zero-order valence-electron chi connectivity index (χ0n) is 7.05. The van der Waals surface area contributed by atoms with E-state index in [1.165, 1.54) is 0 Å². The normalized spacial score (nSPS) is 12.5. The Kier molecular flexibility index (Phi) is 5.06. The fourth-order valence-electron chi connectivity index (χ4n) is 0.517. The average molecular weight is 188 g/mol. The summed E-state index contributed by atoms with van der Waals surface area (Å²) in [7, 11) is -5.27. The predicted molar refractivity (Wildman–Crippen MR) is 41.6 cm³/mol. The van der Waals surface area contributed by atoms with E-state index in [1.54, 1.807) is 0 Å². The maximum absolute atomic E-state index is 11.7. The molecular weight excluding hydrogens is 173 g/mol. The van der Waals surface area contributed by atoms with Crippen molar-refractivity contribution in [3.63, 3.8) is 0 Å². The quantitative estimate of drug-likeness (QED) is 0.471. The van der Waals surface area contributed by atoms with Crippen molar-refractivity contribution >= 4 is 9.08 Å². The van der Waals surface area contributed by atoms with E-state index >= 15 is 0 Å². The molecule has 0 fully saturated rings. The Bertz CT molecular complexity index is 91.4. The lowest BCUT2D eigenvalue weighted by Crippen LogP contribution is -2.18. The zero-order chi connectivity index (χ0) is 8.41. The van der Waals surface area contributed by atoms with Crippen LogP contribution in [0.2, 0.25) is 6.04 Å². The van der Waals surface area contributed by atoms with Gasteiger partial charge in [0.2, 0.25) is 0 Å².